The molecule has 0 spiro atoms. The summed E-state index contributed by atoms with van der Waals surface area (Å²) < 4.78 is 5.68. The third-order valence-electron chi connectivity index (χ3n) is 4.84. The molecule has 1 unspecified atom stereocenters. The highest BCUT2D eigenvalue weighted by Gasteiger charge is 2.44. The molecular formula is C24H24N2O4. The molecule has 1 heterocycles. The molecular weight excluding hydrogens is 380 g/mol. The van der Waals surface area contributed by atoms with Gasteiger partial charge in [0.2, 0.25) is 0 Å². The molecule has 1 amide bonds. The molecule has 6 heteroatoms. The quantitative estimate of drug-likeness (QED) is 0.767. The number of Topliss-reactive ketones (excluding diaryl/α,β-unsaturated/α-hetero) is 1. The number of anilines is 1. The van der Waals surface area contributed by atoms with Crippen LogP contribution in [0.4, 0.5) is 5.69 Å². The van der Waals surface area contributed by atoms with E-state index in [1.807, 2.05) is 19.9 Å². The summed E-state index contributed by atoms with van der Waals surface area (Å²) in [7, 11) is 0. The number of hydrogen-bond donors (Lipinski definition) is 1. The van der Waals surface area contributed by atoms with E-state index < -0.39 is 17.7 Å². The van der Waals surface area contributed by atoms with Crippen molar-refractivity contribution >= 4 is 17.4 Å². The van der Waals surface area contributed by atoms with E-state index in [0.717, 1.165) is 0 Å². The number of ether oxygens (including phenoxy) is 1. The minimum Gasteiger partial charge on any atom is -0.503 e. The summed E-state index contributed by atoms with van der Waals surface area (Å²) in [6.45, 7) is 7.31. The Balaban J connectivity index is 2.10. The first-order chi connectivity index (χ1) is 14.2. The van der Waals surface area contributed by atoms with Gasteiger partial charge in [0.15, 0.2) is 11.5 Å². The van der Waals surface area contributed by atoms with E-state index in [1.165, 1.54) is 4.90 Å². The van der Waals surface area contributed by atoms with Crippen molar-refractivity contribution in [1.29, 1.82) is 5.26 Å². The molecule has 0 radical (unpaired) electrons. The number of nitriles is 1. The highest BCUT2D eigenvalue weighted by Crippen LogP contribution is 2.42. The Morgan fingerprint density at radius 3 is 2.17 bits per heavy atom. The Hall–Kier alpha value is -3.59. The number of hydrogen-bond acceptors (Lipinski definition) is 5. The summed E-state index contributed by atoms with van der Waals surface area (Å²) in [5.41, 5.74) is 1.70. The van der Waals surface area contributed by atoms with Crippen molar-refractivity contribution in [2.24, 2.45) is 5.92 Å². The molecule has 0 bridgehead atoms. The third-order valence-corrected chi connectivity index (χ3v) is 4.84. The molecule has 6 nitrogen and oxygen atoms in total. The van der Waals surface area contributed by atoms with Crippen molar-refractivity contribution < 1.29 is 19.4 Å². The predicted molar refractivity (Wildman–Crippen MR) is 113 cm³/mol. The van der Waals surface area contributed by atoms with E-state index in [2.05, 4.69) is 0 Å². The van der Waals surface area contributed by atoms with Crippen LogP contribution in [0.3, 0.4) is 0 Å². The molecule has 0 saturated carbocycles. The van der Waals surface area contributed by atoms with Crippen LogP contribution < -0.4 is 9.64 Å². The highest BCUT2D eigenvalue weighted by atomic mass is 16.5. The zero-order valence-electron chi connectivity index (χ0n) is 17.4. The van der Waals surface area contributed by atoms with Gasteiger partial charge in [0, 0.05) is 11.6 Å². The molecule has 1 aliphatic heterocycles. The second-order valence-corrected chi connectivity index (χ2v) is 7.75. The van der Waals surface area contributed by atoms with Gasteiger partial charge in [-0.3, -0.25) is 14.5 Å². The third kappa shape index (κ3) is 3.92. The number of amides is 1. The van der Waals surface area contributed by atoms with Crippen LogP contribution in [0.15, 0.2) is 59.9 Å². The van der Waals surface area contributed by atoms with Crippen LogP contribution in [0.1, 0.15) is 44.9 Å². The van der Waals surface area contributed by atoms with Crippen molar-refractivity contribution in [2.45, 2.75) is 39.8 Å². The van der Waals surface area contributed by atoms with Crippen LogP contribution in [-0.2, 0) is 9.59 Å². The normalized spacial score (nSPS) is 16.4. The van der Waals surface area contributed by atoms with Crippen LogP contribution in [-0.4, -0.2) is 22.9 Å². The average Bonchev–Trinajstić information content (AvgIpc) is 2.98. The van der Waals surface area contributed by atoms with E-state index >= 15 is 0 Å². The van der Waals surface area contributed by atoms with Crippen molar-refractivity contribution in [3.8, 4) is 11.8 Å². The lowest BCUT2D eigenvalue weighted by Crippen LogP contribution is -2.31. The maximum atomic E-state index is 13.0. The van der Waals surface area contributed by atoms with E-state index in [-0.39, 0.29) is 23.4 Å². The molecule has 1 aliphatic rings. The molecule has 154 valence electrons. The Morgan fingerprint density at radius 1 is 1.07 bits per heavy atom. The Kier molecular flexibility index (Phi) is 5.93. The van der Waals surface area contributed by atoms with Gasteiger partial charge < -0.3 is 9.84 Å². The van der Waals surface area contributed by atoms with Gasteiger partial charge in [0.05, 0.1) is 29.4 Å². The summed E-state index contributed by atoms with van der Waals surface area (Å²) in [5, 5.41) is 19.7. The second-order valence-electron chi connectivity index (χ2n) is 7.75. The monoisotopic (exact) mass is 404 g/mol. The average molecular weight is 404 g/mol. The highest BCUT2D eigenvalue weighted by molar-refractivity contribution is 6.16. The number of benzene rings is 2. The van der Waals surface area contributed by atoms with Gasteiger partial charge in [0.1, 0.15) is 5.75 Å². The van der Waals surface area contributed by atoms with Gasteiger partial charge in [0.25, 0.3) is 5.91 Å². The van der Waals surface area contributed by atoms with Gasteiger partial charge >= 0.3 is 0 Å². The van der Waals surface area contributed by atoms with Gasteiger partial charge in [-0.15, -0.1) is 0 Å². The molecule has 2 aromatic rings. The van der Waals surface area contributed by atoms with Crippen molar-refractivity contribution in [3.63, 3.8) is 0 Å². The van der Waals surface area contributed by atoms with E-state index in [1.54, 1.807) is 62.4 Å². The first-order valence-corrected chi connectivity index (χ1v) is 9.82. The maximum absolute atomic E-state index is 13.0. The number of aliphatic hydroxyl groups is 1. The largest absolute Gasteiger partial charge is 0.503 e. The van der Waals surface area contributed by atoms with Crippen LogP contribution in [0.2, 0.25) is 0 Å². The van der Waals surface area contributed by atoms with Gasteiger partial charge in [-0.2, -0.15) is 5.26 Å². The lowest BCUT2D eigenvalue weighted by molar-refractivity contribution is -0.119. The molecule has 0 saturated heterocycles. The summed E-state index contributed by atoms with van der Waals surface area (Å²) in [6.07, 6.45) is 0.0149. The number of carbonyl (C=O) groups excluding carboxylic acids is 2. The van der Waals surface area contributed by atoms with Crippen LogP contribution in [0.5, 0.6) is 5.75 Å². The topological polar surface area (TPSA) is 90.6 Å². The second kappa shape index (κ2) is 8.42. The fraction of sp³-hybridized carbons (Fsp3) is 0.292. The van der Waals surface area contributed by atoms with E-state index in [9.17, 15) is 14.7 Å². The van der Waals surface area contributed by atoms with Gasteiger partial charge in [-0.25, -0.2) is 0 Å². The maximum Gasteiger partial charge on any atom is 0.294 e. The molecule has 0 aliphatic carbocycles. The molecule has 1 atom stereocenters. The number of nitrogens with zero attached hydrogens (tertiary/aromatic N) is 2. The van der Waals surface area contributed by atoms with Crippen molar-refractivity contribution in [2.75, 3.05) is 4.90 Å². The molecule has 0 aromatic heterocycles. The van der Waals surface area contributed by atoms with Crippen molar-refractivity contribution in [1.82, 2.24) is 0 Å². The Bertz CT molecular complexity index is 1030. The lowest BCUT2D eigenvalue weighted by atomic mass is 9.91. The smallest absolute Gasteiger partial charge is 0.294 e. The zero-order chi connectivity index (χ0) is 22.0. The molecule has 3 rings (SSSR count). The molecule has 1 N–H and O–H groups in total. The molecule has 0 fully saturated rings. The minimum atomic E-state index is -0.770. The summed E-state index contributed by atoms with van der Waals surface area (Å²) in [6, 6.07) is 14.9. The number of rotatable bonds is 6. The summed E-state index contributed by atoms with van der Waals surface area (Å²) in [5.74, 6) is -1.18. The van der Waals surface area contributed by atoms with Gasteiger partial charge in [-0.1, -0.05) is 26.0 Å². The Labute approximate surface area is 176 Å². The van der Waals surface area contributed by atoms with Crippen LogP contribution in [0.25, 0.3) is 0 Å². The SMILES string of the molecule is CC(C)Oc1ccc(C2C(C(=O)C(C)C)=C(O)C(=O)N2c2ccc(C#N)cc2)cc1. The first kappa shape index (κ1) is 21.1. The van der Waals surface area contributed by atoms with Crippen LogP contribution >= 0.6 is 0 Å². The first-order valence-electron chi connectivity index (χ1n) is 9.82. The fourth-order valence-corrected chi connectivity index (χ4v) is 3.45. The van der Waals surface area contributed by atoms with E-state index in [4.69, 9.17) is 10.00 Å². The minimum absolute atomic E-state index is 0.0149. The van der Waals surface area contributed by atoms with Crippen LogP contribution in [0, 0.1) is 17.2 Å². The van der Waals surface area contributed by atoms with E-state index in [0.29, 0.717) is 22.6 Å². The molecule has 30 heavy (non-hydrogen) atoms. The zero-order valence-corrected chi connectivity index (χ0v) is 17.4. The number of carbonyl (C=O) groups is 2. The summed E-state index contributed by atoms with van der Waals surface area (Å²) in [4.78, 5) is 27.3. The Morgan fingerprint density at radius 2 is 1.67 bits per heavy atom. The summed E-state index contributed by atoms with van der Waals surface area (Å²) >= 11 is 0. The predicted octanol–water partition coefficient (Wildman–Crippen LogP) is 4.47. The molecule has 2 aromatic carbocycles. The lowest BCUT2D eigenvalue weighted by Gasteiger charge is -2.27. The number of aliphatic hydroxyl groups excluding tert-OH is 1. The number of ketones is 1. The van der Waals surface area contributed by atoms with Crippen molar-refractivity contribution in [3.05, 3.63) is 71.0 Å². The van der Waals surface area contributed by atoms with Gasteiger partial charge in [-0.05, 0) is 55.8 Å². The fourth-order valence-electron chi connectivity index (χ4n) is 3.45. The standard InChI is InChI=1S/C24H24N2O4/c1-14(2)22(27)20-21(17-7-11-19(12-8-17)30-15(3)4)26(24(29)23(20)28)18-9-5-16(13-25)6-10-18/h5-12,14-15,21,28H,1-4H3.